The van der Waals surface area contributed by atoms with Crippen LogP contribution in [0.1, 0.15) is 45.0 Å². The topological polar surface area (TPSA) is 95.3 Å². The van der Waals surface area contributed by atoms with Gasteiger partial charge in [-0.25, -0.2) is 0 Å². The Labute approximate surface area is 220 Å². The molecule has 0 N–H and O–H groups in total. The molecule has 5 rings (SSSR count). The lowest BCUT2D eigenvalue weighted by Crippen LogP contribution is -2.29. The van der Waals surface area contributed by atoms with E-state index in [4.69, 9.17) is 18.6 Å². The predicted molar refractivity (Wildman–Crippen MR) is 141 cm³/mol. The summed E-state index contributed by atoms with van der Waals surface area (Å²) in [5.74, 6) is 0.498. The summed E-state index contributed by atoms with van der Waals surface area (Å²) in [5.41, 5.74) is 1.72. The van der Waals surface area contributed by atoms with Gasteiger partial charge >= 0.3 is 0 Å². The number of methoxy groups -OCH3 is 3. The average molecular weight is 564 g/mol. The summed E-state index contributed by atoms with van der Waals surface area (Å²) < 4.78 is 23.3. The number of nitrogens with zero attached hydrogens (tertiary/aromatic N) is 1. The lowest BCUT2D eigenvalue weighted by atomic mass is 9.97. The van der Waals surface area contributed by atoms with Crippen molar-refractivity contribution in [3.63, 3.8) is 0 Å². The minimum absolute atomic E-state index is 0.0470. The molecule has 8 nitrogen and oxygen atoms in total. The Hall–Kier alpha value is -4.11. The molecule has 0 saturated heterocycles. The van der Waals surface area contributed by atoms with Gasteiger partial charge in [0, 0.05) is 15.7 Å². The highest BCUT2D eigenvalue weighted by Crippen LogP contribution is 2.46. The number of carbonyl (C=O) groups is 2. The second-order valence-electron chi connectivity index (χ2n) is 8.45. The Bertz CT molecular complexity index is 1600. The molecule has 1 aliphatic rings. The molecule has 0 saturated carbocycles. The summed E-state index contributed by atoms with van der Waals surface area (Å²) in [6.07, 6.45) is 0. The van der Waals surface area contributed by atoms with Crippen LogP contribution in [0.15, 0.2) is 68.3 Å². The van der Waals surface area contributed by atoms with E-state index in [-0.39, 0.29) is 22.5 Å². The van der Waals surface area contributed by atoms with Gasteiger partial charge in [-0.1, -0.05) is 15.9 Å². The number of Topliss-reactive ketones (excluding diaryl/α,β-unsaturated/α-hetero) is 1. The summed E-state index contributed by atoms with van der Waals surface area (Å²) >= 11 is 3.41. The lowest BCUT2D eigenvalue weighted by Gasteiger charge is -2.26. The van der Waals surface area contributed by atoms with Crippen LogP contribution in [0.2, 0.25) is 0 Å². The van der Waals surface area contributed by atoms with Crippen LogP contribution in [-0.4, -0.2) is 33.0 Å². The molecule has 0 radical (unpaired) electrons. The van der Waals surface area contributed by atoms with Crippen molar-refractivity contribution in [2.24, 2.45) is 0 Å². The fourth-order valence-electron chi connectivity index (χ4n) is 4.64. The summed E-state index contributed by atoms with van der Waals surface area (Å²) in [6, 6.07) is 14.2. The van der Waals surface area contributed by atoms with Crippen LogP contribution in [0, 0.1) is 0 Å². The van der Waals surface area contributed by atoms with Crippen LogP contribution in [0.3, 0.4) is 0 Å². The molecule has 1 amide bonds. The van der Waals surface area contributed by atoms with Crippen LogP contribution in [0.4, 0.5) is 5.69 Å². The van der Waals surface area contributed by atoms with Crippen LogP contribution in [-0.2, 0) is 0 Å². The largest absolute Gasteiger partial charge is 0.493 e. The quantitative estimate of drug-likeness (QED) is 0.284. The first-order valence-corrected chi connectivity index (χ1v) is 12.1. The Morgan fingerprint density at radius 2 is 1.57 bits per heavy atom. The molecule has 9 heteroatoms. The normalized spacial score (nSPS) is 14.6. The minimum atomic E-state index is -0.862. The maximum atomic E-state index is 13.9. The predicted octanol–water partition coefficient (Wildman–Crippen LogP) is 5.53. The zero-order valence-electron chi connectivity index (χ0n) is 20.5. The molecule has 0 aliphatic carbocycles. The molecule has 2 heterocycles. The van der Waals surface area contributed by atoms with Crippen molar-refractivity contribution in [3.05, 3.63) is 91.7 Å². The van der Waals surface area contributed by atoms with E-state index in [0.717, 1.165) is 0 Å². The second kappa shape index (κ2) is 9.40. The number of fused-ring (bicyclic) bond motifs is 2. The fourth-order valence-corrected chi connectivity index (χ4v) is 5.00. The van der Waals surface area contributed by atoms with E-state index in [9.17, 15) is 14.4 Å². The molecular weight excluding hydrogens is 542 g/mol. The Kier molecular flexibility index (Phi) is 6.25. The van der Waals surface area contributed by atoms with Gasteiger partial charge in [-0.2, -0.15) is 0 Å². The number of hydrogen-bond donors (Lipinski definition) is 0. The van der Waals surface area contributed by atoms with E-state index in [1.165, 1.54) is 33.2 Å². The number of benzene rings is 3. The van der Waals surface area contributed by atoms with Crippen LogP contribution in [0.25, 0.3) is 11.0 Å². The first-order chi connectivity index (χ1) is 17.8. The fraction of sp³-hybridized carbons (Fsp3) is 0.179. The molecule has 1 aromatic heterocycles. The van der Waals surface area contributed by atoms with Gasteiger partial charge in [-0.15, -0.1) is 0 Å². The average Bonchev–Trinajstić information content (AvgIpc) is 3.20. The van der Waals surface area contributed by atoms with Crippen LogP contribution < -0.4 is 24.5 Å². The van der Waals surface area contributed by atoms with Crippen molar-refractivity contribution in [2.45, 2.75) is 13.0 Å². The Balaban J connectivity index is 1.82. The molecule has 1 atom stereocenters. The summed E-state index contributed by atoms with van der Waals surface area (Å²) in [4.78, 5) is 41.0. The lowest BCUT2D eigenvalue weighted by molar-refractivity contribution is 0.0970. The van der Waals surface area contributed by atoms with Gasteiger partial charge < -0.3 is 18.6 Å². The number of ether oxygens (including phenoxy) is 3. The standard InChI is InChI=1S/C28H22BrNO7/c1-14(31)15-5-8-18(9-6-15)30-24(16-11-21(34-2)26(36-4)22(12-16)35-3)23-25(32)19-13-17(29)7-10-20(19)37-27(23)28(30)33/h5-13,24H,1-4H3. The van der Waals surface area contributed by atoms with E-state index in [1.807, 2.05) is 0 Å². The minimum Gasteiger partial charge on any atom is -0.493 e. The summed E-state index contributed by atoms with van der Waals surface area (Å²) in [7, 11) is 4.48. The SMILES string of the molecule is COc1cc(C2c3c(oc4ccc(Br)cc4c3=O)C(=O)N2c2ccc(C(C)=O)cc2)cc(OC)c1OC. The highest BCUT2D eigenvalue weighted by molar-refractivity contribution is 9.10. The van der Waals surface area contributed by atoms with Crippen molar-refractivity contribution in [1.82, 2.24) is 0 Å². The van der Waals surface area contributed by atoms with Gasteiger partial charge in [-0.3, -0.25) is 19.3 Å². The van der Waals surface area contributed by atoms with E-state index >= 15 is 0 Å². The number of carbonyl (C=O) groups excluding carboxylic acids is 2. The zero-order chi connectivity index (χ0) is 26.4. The number of amides is 1. The van der Waals surface area contributed by atoms with Gasteiger partial charge in [0.25, 0.3) is 5.91 Å². The van der Waals surface area contributed by atoms with Crippen molar-refractivity contribution >= 4 is 44.3 Å². The third kappa shape index (κ3) is 3.95. The maximum absolute atomic E-state index is 13.9. The molecule has 0 fully saturated rings. The van der Waals surface area contributed by atoms with Gasteiger partial charge in [0.1, 0.15) is 5.58 Å². The molecule has 1 unspecified atom stereocenters. The number of hydrogen-bond acceptors (Lipinski definition) is 7. The Morgan fingerprint density at radius 1 is 0.919 bits per heavy atom. The monoisotopic (exact) mass is 563 g/mol. The maximum Gasteiger partial charge on any atom is 0.295 e. The second-order valence-corrected chi connectivity index (χ2v) is 9.37. The van der Waals surface area contributed by atoms with Gasteiger partial charge in [0.15, 0.2) is 22.7 Å². The highest BCUT2D eigenvalue weighted by atomic mass is 79.9. The van der Waals surface area contributed by atoms with Gasteiger partial charge in [0.2, 0.25) is 11.5 Å². The number of rotatable bonds is 6. The molecular formula is C28H22BrNO7. The summed E-state index contributed by atoms with van der Waals surface area (Å²) in [6.45, 7) is 1.47. The van der Waals surface area contributed by atoms with Gasteiger partial charge in [-0.05, 0) is 67.1 Å². The van der Waals surface area contributed by atoms with Crippen LogP contribution in [0.5, 0.6) is 17.2 Å². The van der Waals surface area contributed by atoms with Crippen molar-refractivity contribution < 1.29 is 28.2 Å². The Morgan fingerprint density at radius 3 is 2.14 bits per heavy atom. The third-order valence-corrected chi connectivity index (χ3v) is 6.88. The van der Waals surface area contributed by atoms with E-state index in [2.05, 4.69) is 15.9 Å². The zero-order valence-corrected chi connectivity index (χ0v) is 22.0. The van der Waals surface area contributed by atoms with Crippen molar-refractivity contribution in [1.29, 1.82) is 0 Å². The molecule has 1 aliphatic heterocycles. The van der Waals surface area contributed by atoms with E-state index in [1.54, 1.807) is 54.6 Å². The van der Waals surface area contributed by atoms with Crippen LogP contribution >= 0.6 is 15.9 Å². The first-order valence-electron chi connectivity index (χ1n) is 11.3. The van der Waals surface area contributed by atoms with Crippen molar-refractivity contribution in [2.75, 3.05) is 26.2 Å². The number of halogens is 1. The van der Waals surface area contributed by atoms with E-state index in [0.29, 0.717) is 49.5 Å². The number of ketones is 1. The van der Waals surface area contributed by atoms with Gasteiger partial charge in [0.05, 0.1) is 38.3 Å². The van der Waals surface area contributed by atoms with E-state index < -0.39 is 11.9 Å². The first kappa shape index (κ1) is 24.6. The third-order valence-electron chi connectivity index (χ3n) is 6.39. The molecule has 4 aromatic rings. The molecule has 3 aromatic carbocycles. The smallest absolute Gasteiger partial charge is 0.295 e. The number of anilines is 1. The molecule has 188 valence electrons. The van der Waals surface area contributed by atoms with Crippen molar-refractivity contribution in [3.8, 4) is 17.2 Å². The molecule has 37 heavy (non-hydrogen) atoms. The summed E-state index contributed by atoms with van der Waals surface area (Å²) in [5, 5.41) is 0.340. The molecule has 0 spiro atoms. The highest BCUT2D eigenvalue weighted by Gasteiger charge is 2.44. The molecule has 0 bridgehead atoms.